The van der Waals surface area contributed by atoms with Gasteiger partial charge in [-0.25, -0.2) is 0 Å². The molecule has 0 spiro atoms. The highest BCUT2D eigenvalue weighted by atomic mass is 31.2. The van der Waals surface area contributed by atoms with E-state index in [0.29, 0.717) is 0 Å². The van der Waals surface area contributed by atoms with E-state index >= 15 is 0 Å². The van der Waals surface area contributed by atoms with Gasteiger partial charge < -0.3 is 4.57 Å². The van der Waals surface area contributed by atoms with Crippen molar-refractivity contribution in [1.29, 1.82) is 0 Å². The quantitative estimate of drug-likeness (QED) is 0.346. The Morgan fingerprint density at radius 3 is 2.50 bits per heavy atom. The van der Waals surface area contributed by atoms with Gasteiger partial charge in [-0.15, -0.1) is 0 Å². The van der Waals surface area contributed by atoms with Crippen LogP contribution in [-0.2, 0) is 4.57 Å². The van der Waals surface area contributed by atoms with Crippen LogP contribution < -0.4 is 0 Å². The topological polar surface area (TPSA) is 17.1 Å². The van der Waals surface area contributed by atoms with Gasteiger partial charge in [0.05, 0.1) is 0 Å². The highest BCUT2D eigenvalue weighted by Gasteiger charge is 2.35. The highest BCUT2D eigenvalue weighted by Crippen LogP contribution is 2.54. The highest BCUT2D eigenvalue weighted by molar-refractivity contribution is 8.22. The zero-order valence-corrected chi connectivity index (χ0v) is 4.61. The van der Waals surface area contributed by atoms with Crippen LogP contribution in [0.2, 0.25) is 6.82 Å². The Labute approximate surface area is 39.3 Å². The van der Waals surface area contributed by atoms with Crippen molar-refractivity contribution in [3.05, 3.63) is 0 Å². The van der Waals surface area contributed by atoms with Gasteiger partial charge in [0, 0.05) is 6.90 Å². The van der Waals surface area contributed by atoms with Crippen molar-refractivity contribution in [3.63, 3.8) is 0 Å². The smallest absolute Gasteiger partial charge is 0.190 e. The normalized spacial score (nSPS) is 40.8. The Morgan fingerprint density at radius 2 is 2.50 bits per heavy atom. The van der Waals surface area contributed by atoms with Crippen LogP contribution in [0.4, 0.5) is 0 Å². The second-order valence-electron chi connectivity index (χ2n) is 1.48. The molecule has 0 aromatic rings. The summed E-state index contributed by atoms with van der Waals surface area (Å²) in [7, 11) is 0. The third-order valence-electron chi connectivity index (χ3n) is 0.980. The molecule has 1 saturated heterocycles. The van der Waals surface area contributed by atoms with Crippen LogP contribution in [0.5, 0.6) is 0 Å². The third kappa shape index (κ3) is 0.704. The minimum atomic E-state index is -1.65. The zero-order valence-electron chi connectivity index (χ0n) is 3.72. The van der Waals surface area contributed by atoms with E-state index in [0.717, 1.165) is 6.06 Å². The molecule has 2 radical (unpaired) electrons. The van der Waals surface area contributed by atoms with Crippen molar-refractivity contribution in [2.75, 3.05) is 6.06 Å². The van der Waals surface area contributed by atoms with Crippen molar-refractivity contribution >= 4 is 20.9 Å². The fraction of sp³-hybridized carbons (Fsp3) is 1.00. The van der Waals surface area contributed by atoms with Crippen LogP contribution in [0.3, 0.4) is 0 Å². The molecule has 0 aromatic heterocycles. The molecular formula is C2H5B2OP. The van der Waals surface area contributed by atoms with Gasteiger partial charge in [-0.1, -0.05) is 6.82 Å². The predicted octanol–water partition coefficient (Wildman–Crippen LogP) is 0.607. The number of hydrogen-bond donors (Lipinski definition) is 0. The predicted molar refractivity (Wildman–Crippen MR) is 29.8 cm³/mol. The van der Waals surface area contributed by atoms with E-state index in [4.69, 9.17) is 0 Å². The first kappa shape index (κ1) is 4.52. The molecule has 0 saturated carbocycles. The first-order valence-electron chi connectivity index (χ1n) is 2.00. The van der Waals surface area contributed by atoms with Gasteiger partial charge in [0.15, 0.2) is 14.0 Å². The fourth-order valence-corrected chi connectivity index (χ4v) is 1.36. The van der Waals surface area contributed by atoms with Crippen molar-refractivity contribution in [1.82, 2.24) is 0 Å². The summed E-state index contributed by atoms with van der Waals surface area (Å²) >= 11 is 0. The van der Waals surface area contributed by atoms with E-state index in [-0.39, 0.29) is 0 Å². The minimum absolute atomic E-state index is 0.851. The molecule has 1 fully saturated rings. The Morgan fingerprint density at radius 1 is 2.00 bits per heavy atom. The van der Waals surface area contributed by atoms with Gasteiger partial charge in [-0.05, 0) is 6.06 Å². The standard InChI is InChI=1S/C2H5B2OP/c1-3-6(5)2-4-6/h2H2,1H3. The van der Waals surface area contributed by atoms with E-state index < -0.39 is 6.90 Å². The first-order valence-corrected chi connectivity index (χ1v) is 4.03. The monoisotopic (exact) mass is 98.0 g/mol. The SMILES string of the molecule is C[B]P1(=O)[B]C1. The van der Waals surface area contributed by atoms with Crippen LogP contribution in [0.1, 0.15) is 0 Å². The minimum Gasteiger partial charge on any atom is -0.346 e. The molecule has 1 aliphatic rings. The van der Waals surface area contributed by atoms with Gasteiger partial charge >= 0.3 is 0 Å². The summed E-state index contributed by atoms with van der Waals surface area (Å²) in [6.45, 7) is 3.87. The first-order chi connectivity index (χ1) is 2.77. The van der Waals surface area contributed by atoms with Gasteiger partial charge in [-0.2, -0.15) is 0 Å². The van der Waals surface area contributed by atoms with E-state index in [1.165, 1.54) is 0 Å². The van der Waals surface area contributed by atoms with Crippen molar-refractivity contribution < 1.29 is 4.57 Å². The summed E-state index contributed by atoms with van der Waals surface area (Å²) in [5.41, 5.74) is 0. The van der Waals surface area contributed by atoms with Gasteiger partial charge in [0.25, 0.3) is 0 Å². The Balaban J connectivity index is 2.49. The van der Waals surface area contributed by atoms with E-state index in [2.05, 4.69) is 0 Å². The lowest BCUT2D eigenvalue weighted by molar-refractivity contribution is 0.597. The molecule has 1 heterocycles. The van der Waals surface area contributed by atoms with Gasteiger partial charge in [0.1, 0.15) is 0 Å². The zero-order chi connectivity index (χ0) is 4.62. The molecule has 1 unspecified atom stereocenters. The molecule has 1 rings (SSSR count). The van der Waals surface area contributed by atoms with Crippen molar-refractivity contribution in [2.45, 2.75) is 6.82 Å². The maximum absolute atomic E-state index is 10.6. The molecule has 6 heavy (non-hydrogen) atoms. The van der Waals surface area contributed by atoms with E-state index in [9.17, 15) is 4.57 Å². The molecule has 1 nitrogen and oxygen atoms in total. The lowest BCUT2D eigenvalue weighted by Gasteiger charge is -1.78. The Bertz CT molecular complexity index is 93.7. The number of rotatable bonds is 1. The van der Waals surface area contributed by atoms with E-state index in [1.807, 2.05) is 13.8 Å². The second-order valence-corrected chi connectivity index (χ2v) is 4.43. The van der Waals surface area contributed by atoms with Crippen LogP contribution >= 0.6 is 6.90 Å². The van der Waals surface area contributed by atoms with Crippen LogP contribution in [0, 0.1) is 0 Å². The largest absolute Gasteiger partial charge is 0.346 e. The van der Waals surface area contributed by atoms with Crippen molar-refractivity contribution in [3.8, 4) is 0 Å². The molecular weight excluding hydrogens is 92.6 g/mol. The second kappa shape index (κ2) is 1.16. The van der Waals surface area contributed by atoms with Gasteiger partial charge in [-0.3, -0.25) is 0 Å². The lowest BCUT2D eigenvalue weighted by atomic mass is 10.2. The molecule has 4 heteroatoms. The summed E-state index contributed by atoms with van der Waals surface area (Å²) in [6, 6.07) is 0.851. The third-order valence-corrected chi connectivity index (χ3v) is 2.94. The van der Waals surface area contributed by atoms with E-state index in [1.54, 1.807) is 7.00 Å². The molecule has 0 amide bonds. The number of hydrogen-bond acceptors (Lipinski definition) is 1. The molecule has 0 aliphatic carbocycles. The lowest BCUT2D eigenvalue weighted by Crippen LogP contribution is -1.66. The molecule has 0 bridgehead atoms. The molecule has 0 aromatic carbocycles. The van der Waals surface area contributed by atoms with Gasteiger partial charge in [0.2, 0.25) is 0 Å². The fourth-order valence-electron chi connectivity index (χ4n) is 0.291. The van der Waals surface area contributed by atoms with Crippen LogP contribution in [0.25, 0.3) is 0 Å². The average Bonchev–Trinajstić information content (AvgIpc) is 2.22. The van der Waals surface area contributed by atoms with Crippen LogP contribution in [0.15, 0.2) is 0 Å². The summed E-state index contributed by atoms with van der Waals surface area (Å²) in [6.07, 6.45) is 0. The summed E-state index contributed by atoms with van der Waals surface area (Å²) in [5.74, 6) is 0. The molecule has 0 N–H and O–H groups in total. The maximum Gasteiger partial charge on any atom is 0.190 e. The summed E-state index contributed by atoms with van der Waals surface area (Å²) in [5, 5.41) is 0. The Kier molecular flexibility index (Phi) is 0.876. The molecule has 1 atom stereocenters. The maximum atomic E-state index is 10.6. The van der Waals surface area contributed by atoms with Crippen molar-refractivity contribution in [2.24, 2.45) is 0 Å². The summed E-state index contributed by atoms with van der Waals surface area (Å²) in [4.78, 5) is 0. The average molecular weight is 97.7 g/mol. The summed E-state index contributed by atoms with van der Waals surface area (Å²) < 4.78 is 10.6. The molecule has 1 aliphatic heterocycles. The molecule has 30 valence electrons. The Hall–Kier alpha value is 0.360. The van der Waals surface area contributed by atoms with Crippen LogP contribution in [-0.4, -0.2) is 20.1 Å².